The summed E-state index contributed by atoms with van der Waals surface area (Å²) in [6.07, 6.45) is 2.47. The van der Waals surface area contributed by atoms with Crippen LogP contribution in [0.3, 0.4) is 0 Å². The van der Waals surface area contributed by atoms with E-state index in [9.17, 15) is 13.2 Å². The van der Waals surface area contributed by atoms with E-state index in [-0.39, 0.29) is 10.8 Å². The summed E-state index contributed by atoms with van der Waals surface area (Å²) < 4.78 is 27.6. The van der Waals surface area contributed by atoms with Crippen LogP contribution in [0, 0.1) is 0 Å². The van der Waals surface area contributed by atoms with Crippen molar-refractivity contribution in [1.82, 2.24) is 9.21 Å². The Morgan fingerprint density at radius 3 is 2.37 bits per heavy atom. The molecule has 2 aromatic carbocycles. The molecule has 1 saturated heterocycles. The molecule has 1 aliphatic carbocycles. The molecule has 1 N–H and O–H groups in total. The molecular formula is C22H26ClN3O3S. The predicted octanol–water partition coefficient (Wildman–Crippen LogP) is 3.34. The molecule has 8 heteroatoms. The number of likely N-dealkylation sites (N-methyl/N-ethyl adjacent to an activating group) is 1. The SMILES string of the molecule is CN1CCN(S(=O)(=O)c2cccc(NC(=O)C3(c4cccc(Cl)c4)CCC3)c2)CC1. The number of rotatable bonds is 5. The Hall–Kier alpha value is -1.93. The first-order chi connectivity index (χ1) is 14.3. The highest BCUT2D eigenvalue weighted by Crippen LogP contribution is 2.45. The van der Waals surface area contributed by atoms with Gasteiger partial charge in [-0.15, -0.1) is 0 Å². The number of amides is 1. The number of carbonyl (C=O) groups is 1. The van der Waals surface area contributed by atoms with Gasteiger partial charge >= 0.3 is 0 Å². The highest BCUT2D eigenvalue weighted by Gasteiger charge is 2.45. The van der Waals surface area contributed by atoms with Gasteiger partial charge in [0.05, 0.1) is 10.3 Å². The van der Waals surface area contributed by atoms with E-state index in [1.165, 1.54) is 4.31 Å². The van der Waals surface area contributed by atoms with Crippen molar-refractivity contribution in [2.24, 2.45) is 0 Å². The summed E-state index contributed by atoms with van der Waals surface area (Å²) in [7, 11) is -1.61. The van der Waals surface area contributed by atoms with E-state index in [2.05, 4.69) is 10.2 Å². The minimum atomic E-state index is -3.59. The lowest BCUT2D eigenvalue weighted by Gasteiger charge is -2.40. The van der Waals surface area contributed by atoms with E-state index < -0.39 is 15.4 Å². The van der Waals surface area contributed by atoms with E-state index in [4.69, 9.17) is 11.6 Å². The van der Waals surface area contributed by atoms with Crippen molar-refractivity contribution in [3.05, 3.63) is 59.1 Å². The second-order valence-corrected chi connectivity index (χ2v) is 10.5. The van der Waals surface area contributed by atoms with E-state index in [1.54, 1.807) is 30.3 Å². The highest BCUT2D eigenvalue weighted by atomic mass is 35.5. The van der Waals surface area contributed by atoms with Gasteiger partial charge in [-0.2, -0.15) is 4.31 Å². The summed E-state index contributed by atoms with van der Waals surface area (Å²) in [4.78, 5) is 15.5. The van der Waals surface area contributed by atoms with Gasteiger partial charge in [-0.05, 0) is 55.8 Å². The van der Waals surface area contributed by atoms with E-state index >= 15 is 0 Å². The first-order valence-electron chi connectivity index (χ1n) is 10.2. The van der Waals surface area contributed by atoms with Crippen LogP contribution in [0.4, 0.5) is 5.69 Å². The van der Waals surface area contributed by atoms with Crippen LogP contribution in [-0.2, 0) is 20.2 Å². The van der Waals surface area contributed by atoms with Gasteiger partial charge in [0.2, 0.25) is 15.9 Å². The average molecular weight is 448 g/mol. The number of nitrogens with zero attached hydrogens (tertiary/aromatic N) is 2. The van der Waals surface area contributed by atoms with Gasteiger partial charge in [-0.25, -0.2) is 8.42 Å². The molecule has 1 heterocycles. The van der Waals surface area contributed by atoms with Crippen LogP contribution in [0.15, 0.2) is 53.4 Å². The monoisotopic (exact) mass is 447 g/mol. The van der Waals surface area contributed by atoms with Crippen molar-refractivity contribution >= 4 is 33.2 Å². The fourth-order valence-electron chi connectivity index (χ4n) is 4.13. The van der Waals surface area contributed by atoms with Gasteiger partial charge in [0, 0.05) is 36.9 Å². The number of hydrogen-bond acceptors (Lipinski definition) is 4. The highest BCUT2D eigenvalue weighted by molar-refractivity contribution is 7.89. The van der Waals surface area contributed by atoms with Gasteiger partial charge in [-0.1, -0.05) is 36.2 Å². The van der Waals surface area contributed by atoms with Crippen molar-refractivity contribution in [1.29, 1.82) is 0 Å². The molecule has 160 valence electrons. The maximum Gasteiger partial charge on any atom is 0.243 e. The zero-order chi connectivity index (χ0) is 21.4. The van der Waals surface area contributed by atoms with Gasteiger partial charge in [0.15, 0.2) is 0 Å². The maximum atomic E-state index is 13.2. The minimum absolute atomic E-state index is 0.120. The number of halogens is 1. The molecule has 2 aliphatic rings. The van der Waals surface area contributed by atoms with E-state index in [0.717, 1.165) is 24.8 Å². The molecule has 0 unspecified atom stereocenters. The topological polar surface area (TPSA) is 69.7 Å². The number of hydrogen-bond donors (Lipinski definition) is 1. The Morgan fingerprint density at radius 2 is 1.73 bits per heavy atom. The average Bonchev–Trinajstić information content (AvgIpc) is 2.68. The predicted molar refractivity (Wildman–Crippen MR) is 118 cm³/mol. The van der Waals surface area contributed by atoms with Gasteiger partial charge < -0.3 is 10.2 Å². The summed E-state index contributed by atoms with van der Waals surface area (Å²) in [6, 6.07) is 14.0. The fraction of sp³-hybridized carbons (Fsp3) is 0.409. The number of carbonyl (C=O) groups excluding carboxylic acids is 1. The lowest BCUT2D eigenvalue weighted by Crippen LogP contribution is -2.47. The Bertz CT molecular complexity index is 1050. The molecule has 2 fully saturated rings. The molecule has 4 rings (SSSR count). The zero-order valence-electron chi connectivity index (χ0n) is 17.0. The summed E-state index contributed by atoms with van der Waals surface area (Å²) in [5, 5.41) is 3.56. The molecule has 1 saturated carbocycles. The number of sulfonamides is 1. The van der Waals surface area contributed by atoms with E-state index in [0.29, 0.717) is 36.9 Å². The van der Waals surface area contributed by atoms with Crippen molar-refractivity contribution in [2.75, 3.05) is 38.5 Å². The normalized spacial score (nSPS) is 19.8. The summed E-state index contributed by atoms with van der Waals surface area (Å²) in [5.41, 5.74) is 0.778. The smallest absolute Gasteiger partial charge is 0.243 e. The van der Waals surface area contributed by atoms with Gasteiger partial charge in [-0.3, -0.25) is 4.79 Å². The minimum Gasteiger partial charge on any atom is -0.325 e. The molecule has 0 bridgehead atoms. The quantitative estimate of drug-likeness (QED) is 0.763. The first kappa shape index (κ1) is 21.3. The second-order valence-electron chi connectivity index (χ2n) is 8.14. The van der Waals surface area contributed by atoms with Crippen LogP contribution in [0.5, 0.6) is 0 Å². The summed E-state index contributed by atoms with van der Waals surface area (Å²) in [5.74, 6) is -0.120. The molecule has 0 spiro atoms. The molecule has 30 heavy (non-hydrogen) atoms. The Balaban J connectivity index is 1.55. The second kappa shape index (κ2) is 8.30. The molecule has 0 atom stereocenters. The van der Waals surface area contributed by atoms with Gasteiger partial charge in [0.1, 0.15) is 0 Å². The lowest BCUT2D eigenvalue weighted by molar-refractivity contribution is -0.124. The third-order valence-corrected chi connectivity index (χ3v) is 8.34. The number of anilines is 1. The molecule has 6 nitrogen and oxygen atoms in total. The lowest BCUT2D eigenvalue weighted by atomic mass is 9.64. The Labute approximate surface area is 182 Å². The van der Waals surface area contributed by atoms with E-state index in [1.807, 2.05) is 25.2 Å². The number of nitrogens with one attached hydrogen (secondary N) is 1. The molecule has 0 aromatic heterocycles. The third-order valence-electron chi connectivity index (χ3n) is 6.21. The number of piperazine rings is 1. The molecular weight excluding hydrogens is 422 g/mol. The Morgan fingerprint density at radius 1 is 1.03 bits per heavy atom. The number of benzene rings is 2. The van der Waals surface area contributed by atoms with Gasteiger partial charge in [0.25, 0.3) is 0 Å². The third kappa shape index (κ3) is 3.99. The Kier molecular flexibility index (Phi) is 5.90. The summed E-state index contributed by atoms with van der Waals surface area (Å²) >= 11 is 6.14. The van der Waals surface area contributed by atoms with Crippen LogP contribution in [0.1, 0.15) is 24.8 Å². The molecule has 1 amide bonds. The fourth-order valence-corrected chi connectivity index (χ4v) is 5.78. The largest absolute Gasteiger partial charge is 0.325 e. The van der Waals surface area contributed by atoms with Crippen molar-refractivity contribution < 1.29 is 13.2 Å². The standard InChI is InChI=1S/C22H26ClN3O3S/c1-25-11-13-26(14-12-25)30(28,29)20-8-3-7-19(16-20)24-21(27)22(9-4-10-22)17-5-2-6-18(23)15-17/h2-3,5-8,15-16H,4,9-14H2,1H3,(H,24,27). The molecule has 0 radical (unpaired) electrons. The van der Waals surface area contributed by atoms with Crippen LogP contribution in [0.25, 0.3) is 0 Å². The van der Waals surface area contributed by atoms with Crippen LogP contribution < -0.4 is 5.32 Å². The first-order valence-corrected chi connectivity index (χ1v) is 12.0. The van der Waals surface area contributed by atoms with Crippen molar-refractivity contribution in [2.45, 2.75) is 29.6 Å². The zero-order valence-corrected chi connectivity index (χ0v) is 18.5. The summed E-state index contributed by atoms with van der Waals surface area (Å²) in [6.45, 7) is 2.34. The van der Waals surface area contributed by atoms with Crippen LogP contribution >= 0.6 is 11.6 Å². The van der Waals surface area contributed by atoms with Crippen LogP contribution in [0.2, 0.25) is 5.02 Å². The molecule has 2 aromatic rings. The van der Waals surface area contributed by atoms with Crippen molar-refractivity contribution in [3.63, 3.8) is 0 Å². The van der Waals surface area contributed by atoms with Crippen molar-refractivity contribution in [3.8, 4) is 0 Å². The maximum absolute atomic E-state index is 13.2. The van der Waals surface area contributed by atoms with Crippen LogP contribution in [-0.4, -0.2) is 56.8 Å². The molecule has 1 aliphatic heterocycles.